The SMILES string of the molecule is CSCCC[C@H]1NC(=O)N(c2ccc3c(c2)O[C@H](c2ccncc2)N3)C1=O. The van der Waals surface area contributed by atoms with Crippen LogP contribution in [-0.2, 0) is 4.79 Å². The number of aromatic nitrogens is 1. The van der Waals surface area contributed by atoms with Crippen LogP contribution in [0.15, 0.2) is 42.7 Å². The van der Waals surface area contributed by atoms with Gasteiger partial charge in [0.25, 0.3) is 5.91 Å². The van der Waals surface area contributed by atoms with E-state index in [1.165, 1.54) is 4.90 Å². The molecule has 8 heteroatoms. The molecule has 2 aromatic rings. The highest BCUT2D eigenvalue weighted by atomic mass is 32.2. The molecule has 0 unspecified atom stereocenters. The van der Waals surface area contributed by atoms with Gasteiger partial charge in [0.05, 0.1) is 11.4 Å². The Morgan fingerprint density at radius 2 is 2.00 bits per heavy atom. The van der Waals surface area contributed by atoms with E-state index in [1.807, 2.05) is 24.5 Å². The minimum atomic E-state index is -0.457. The average Bonchev–Trinajstić information content (AvgIpc) is 3.23. The number of carbonyl (C=O) groups excluding carboxylic acids is 2. The number of urea groups is 1. The molecular weight excluding hydrogens is 364 g/mol. The third kappa shape index (κ3) is 3.44. The zero-order valence-corrected chi connectivity index (χ0v) is 15.7. The van der Waals surface area contributed by atoms with Gasteiger partial charge in [-0.05, 0) is 49.1 Å². The molecule has 3 amide bonds. The van der Waals surface area contributed by atoms with Crippen molar-refractivity contribution in [2.75, 3.05) is 22.2 Å². The zero-order chi connectivity index (χ0) is 18.8. The Balaban J connectivity index is 1.50. The van der Waals surface area contributed by atoms with Gasteiger partial charge >= 0.3 is 6.03 Å². The first-order chi connectivity index (χ1) is 13.2. The van der Waals surface area contributed by atoms with E-state index in [-0.39, 0.29) is 18.2 Å². The predicted molar refractivity (Wildman–Crippen MR) is 105 cm³/mol. The second-order valence-electron chi connectivity index (χ2n) is 6.41. The number of nitrogens with one attached hydrogen (secondary N) is 2. The summed E-state index contributed by atoms with van der Waals surface area (Å²) in [5, 5.41) is 6.06. The van der Waals surface area contributed by atoms with E-state index in [2.05, 4.69) is 15.6 Å². The van der Waals surface area contributed by atoms with Gasteiger partial charge in [-0.2, -0.15) is 11.8 Å². The number of anilines is 2. The molecule has 1 fully saturated rings. The maximum absolute atomic E-state index is 12.7. The number of amides is 3. The summed E-state index contributed by atoms with van der Waals surface area (Å²) in [5.41, 5.74) is 2.29. The first-order valence-corrected chi connectivity index (χ1v) is 10.2. The molecule has 2 aliphatic heterocycles. The number of rotatable bonds is 6. The summed E-state index contributed by atoms with van der Waals surface area (Å²) in [7, 11) is 0. The van der Waals surface area contributed by atoms with Gasteiger partial charge in [-0.15, -0.1) is 0 Å². The standard InChI is InChI=1S/C19H20N4O3S/c1-27-10-2-3-15-18(24)23(19(25)22-15)13-4-5-14-16(11-13)26-17(21-14)12-6-8-20-9-7-12/h4-9,11,15,17,21H,2-3,10H2,1H3,(H,22,25)/t15-,17-/m1/s1. The summed E-state index contributed by atoms with van der Waals surface area (Å²) < 4.78 is 5.96. The molecule has 0 bridgehead atoms. The Morgan fingerprint density at radius 3 is 2.78 bits per heavy atom. The van der Waals surface area contributed by atoms with Crippen LogP contribution in [0.2, 0.25) is 0 Å². The lowest BCUT2D eigenvalue weighted by atomic mass is 10.1. The summed E-state index contributed by atoms with van der Waals surface area (Å²) in [4.78, 5) is 30.2. The van der Waals surface area contributed by atoms with E-state index >= 15 is 0 Å². The molecule has 7 nitrogen and oxygen atoms in total. The van der Waals surface area contributed by atoms with Gasteiger partial charge in [0.1, 0.15) is 11.8 Å². The summed E-state index contributed by atoms with van der Waals surface area (Å²) in [6, 6.07) is 8.22. The molecule has 0 radical (unpaired) electrons. The normalized spacial score (nSPS) is 20.9. The second-order valence-corrected chi connectivity index (χ2v) is 7.40. The lowest BCUT2D eigenvalue weighted by Gasteiger charge is -2.14. The molecule has 1 aromatic carbocycles. The topological polar surface area (TPSA) is 83.6 Å². The number of nitrogens with zero attached hydrogens (tertiary/aromatic N) is 2. The van der Waals surface area contributed by atoms with E-state index < -0.39 is 6.04 Å². The zero-order valence-electron chi connectivity index (χ0n) is 14.8. The van der Waals surface area contributed by atoms with E-state index in [1.54, 1.807) is 36.3 Å². The Kier molecular flexibility index (Phi) is 4.89. The molecule has 3 heterocycles. The molecule has 27 heavy (non-hydrogen) atoms. The van der Waals surface area contributed by atoms with Crippen molar-refractivity contribution in [1.29, 1.82) is 0 Å². The minimum Gasteiger partial charge on any atom is -0.464 e. The van der Waals surface area contributed by atoms with Crippen LogP contribution in [0.25, 0.3) is 0 Å². The van der Waals surface area contributed by atoms with Gasteiger partial charge in [0, 0.05) is 24.0 Å². The fourth-order valence-corrected chi connectivity index (χ4v) is 3.71. The van der Waals surface area contributed by atoms with Crippen LogP contribution in [0.3, 0.4) is 0 Å². The summed E-state index contributed by atoms with van der Waals surface area (Å²) >= 11 is 1.73. The summed E-state index contributed by atoms with van der Waals surface area (Å²) in [5.74, 6) is 1.37. The van der Waals surface area contributed by atoms with Crippen molar-refractivity contribution in [3.8, 4) is 5.75 Å². The fraction of sp³-hybridized carbons (Fsp3) is 0.316. The molecule has 0 spiro atoms. The van der Waals surface area contributed by atoms with Gasteiger partial charge in [0.15, 0.2) is 6.23 Å². The van der Waals surface area contributed by atoms with Gasteiger partial charge in [-0.1, -0.05) is 0 Å². The predicted octanol–water partition coefficient (Wildman–Crippen LogP) is 3.15. The maximum Gasteiger partial charge on any atom is 0.329 e. The number of imide groups is 1. The van der Waals surface area contributed by atoms with Gasteiger partial charge in [0.2, 0.25) is 0 Å². The molecule has 1 saturated heterocycles. The third-order valence-electron chi connectivity index (χ3n) is 4.62. The Hall–Kier alpha value is -2.74. The molecule has 2 aliphatic rings. The number of ether oxygens (including phenoxy) is 1. The second kappa shape index (κ2) is 7.48. The van der Waals surface area contributed by atoms with Crippen LogP contribution in [0.1, 0.15) is 24.6 Å². The minimum absolute atomic E-state index is 0.210. The molecule has 140 valence electrons. The lowest BCUT2D eigenvalue weighted by molar-refractivity contribution is -0.118. The highest BCUT2D eigenvalue weighted by Crippen LogP contribution is 2.40. The van der Waals surface area contributed by atoms with Crippen LogP contribution in [-0.4, -0.2) is 35.0 Å². The highest BCUT2D eigenvalue weighted by molar-refractivity contribution is 7.98. The number of pyridine rings is 1. The Labute approximate surface area is 161 Å². The van der Waals surface area contributed by atoms with Crippen LogP contribution >= 0.6 is 11.8 Å². The van der Waals surface area contributed by atoms with Crippen LogP contribution in [0.5, 0.6) is 5.75 Å². The van der Waals surface area contributed by atoms with Gasteiger partial charge < -0.3 is 15.4 Å². The maximum atomic E-state index is 12.7. The number of benzene rings is 1. The van der Waals surface area contributed by atoms with Gasteiger partial charge in [-0.3, -0.25) is 9.78 Å². The van der Waals surface area contributed by atoms with Crippen molar-refractivity contribution in [3.05, 3.63) is 48.3 Å². The molecule has 4 rings (SSSR count). The van der Waals surface area contributed by atoms with Crippen molar-refractivity contribution in [1.82, 2.24) is 10.3 Å². The lowest BCUT2D eigenvalue weighted by Crippen LogP contribution is -2.31. The van der Waals surface area contributed by atoms with Crippen molar-refractivity contribution in [3.63, 3.8) is 0 Å². The first kappa shape index (κ1) is 17.7. The van der Waals surface area contributed by atoms with Gasteiger partial charge in [-0.25, -0.2) is 9.69 Å². The van der Waals surface area contributed by atoms with E-state index in [0.29, 0.717) is 17.9 Å². The molecule has 1 aromatic heterocycles. The summed E-state index contributed by atoms with van der Waals surface area (Å²) in [6.45, 7) is 0. The van der Waals surface area contributed by atoms with Crippen molar-refractivity contribution < 1.29 is 14.3 Å². The van der Waals surface area contributed by atoms with Crippen molar-refractivity contribution >= 4 is 35.1 Å². The third-order valence-corrected chi connectivity index (χ3v) is 5.32. The number of fused-ring (bicyclic) bond motifs is 1. The molecule has 2 atom stereocenters. The Morgan fingerprint density at radius 1 is 1.19 bits per heavy atom. The number of hydrogen-bond acceptors (Lipinski definition) is 6. The number of thioether (sulfide) groups is 1. The van der Waals surface area contributed by atoms with E-state index in [9.17, 15) is 9.59 Å². The monoisotopic (exact) mass is 384 g/mol. The highest BCUT2D eigenvalue weighted by Gasteiger charge is 2.39. The smallest absolute Gasteiger partial charge is 0.329 e. The van der Waals surface area contributed by atoms with E-state index in [4.69, 9.17) is 4.74 Å². The number of hydrogen-bond donors (Lipinski definition) is 2. The Bertz CT molecular complexity index is 861. The van der Waals surface area contributed by atoms with Crippen LogP contribution < -0.4 is 20.3 Å². The van der Waals surface area contributed by atoms with Crippen LogP contribution in [0, 0.1) is 0 Å². The summed E-state index contributed by atoms with van der Waals surface area (Å²) in [6.07, 6.45) is 6.66. The molecule has 0 saturated carbocycles. The van der Waals surface area contributed by atoms with Crippen molar-refractivity contribution in [2.24, 2.45) is 0 Å². The number of carbonyl (C=O) groups is 2. The van der Waals surface area contributed by atoms with Crippen molar-refractivity contribution in [2.45, 2.75) is 25.1 Å². The fourth-order valence-electron chi connectivity index (χ4n) is 3.26. The first-order valence-electron chi connectivity index (χ1n) is 8.78. The molecular formula is C19H20N4O3S. The largest absolute Gasteiger partial charge is 0.464 e. The quantitative estimate of drug-likeness (QED) is 0.588. The van der Waals surface area contributed by atoms with Crippen LogP contribution in [0.4, 0.5) is 16.2 Å². The molecule has 2 N–H and O–H groups in total. The molecule has 0 aliphatic carbocycles. The average molecular weight is 384 g/mol. The van der Waals surface area contributed by atoms with E-state index in [0.717, 1.165) is 23.4 Å².